The molecule has 28 heavy (non-hydrogen) atoms. The minimum absolute atomic E-state index is 0.548. The van der Waals surface area contributed by atoms with Crippen molar-refractivity contribution in [2.45, 2.75) is 17.5 Å². The van der Waals surface area contributed by atoms with Crippen LogP contribution in [0.4, 0.5) is 0 Å². The van der Waals surface area contributed by atoms with Crippen molar-refractivity contribution in [3.8, 4) is 17.1 Å². The first-order valence-corrected chi connectivity index (χ1v) is 10.1. The fraction of sp³-hybridized carbons (Fsp3) is 0.143. The predicted molar refractivity (Wildman–Crippen MR) is 111 cm³/mol. The van der Waals surface area contributed by atoms with Crippen LogP contribution >= 0.6 is 23.4 Å². The number of furan rings is 1. The standard InChI is InChI=1S/C21H18ClN3O2S/c1-26-17-10-8-15(9-11-17)20-23-24-21(25(20)13-18-6-4-12-27-18)28-14-16-5-2-3-7-19(16)22/h2-12H,13-14H2,1H3. The van der Waals surface area contributed by atoms with E-state index in [1.54, 1.807) is 25.1 Å². The molecule has 4 rings (SSSR count). The van der Waals surface area contributed by atoms with Gasteiger partial charge in [0.1, 0.15) is 11.5 Å². The quantitative estimate of drug-likeness (QED) is 0.373. The van der Waals surface area contributed by atoms with E-state index >= 15 is 0 Å². The average molecular weight is 412 g/mol. The molecule has 0 spiro atoms. The average Bonchev–Trinajstić information content (AvgIpc) is 3.38. The number of ether oxygens (including phenoxy) is 1. The number of rotatable bonds is 7. The Hall–Kier alpha value is -2.70. The monoisotopic (exact) mass is 411 g/mol. The van der Waals surface area contributed by atoms with Crippen molar-refractivity contribution in [2.24, 2.45) is 0 Å². The van der Waals surface area contributed by atoms with Crippen LogP contribution in [0.5, 0.6) is 5.75 Å². The van der Waals surface area contributed by atoms with Crippen molar-refractivity contribution in [3.05, 3.63) is 83.3 Å². The Labute approximate surface area is 172 Å². The molecule has 2 heterocycles. The first-order valence-electron chi connectivity index (χ1n) is 8.71. The number of thioether (sulfide) groups is 1. The lowest BCUT2D eigenvalue weighted by Crippen LogP contribution is -2.03. The van der Waals surface area contributed by atoms with E-state index in [2.05, 4.69) is 14.8 Å². The van der Waals surface area contributed by atoms with Gasteiger partial charge in [-0.15, -0.1) is 10.2 Å². The van der Waals surface area contributed by atoms with Crippen molar-refractivity contribution >= 4 is 23.4 Å². The Morgan fingerprint density at radius 1 is 1.04 bits per heavy atom. The van der Waals surface area contributed by atoms with Crippen LogP contribution in [-0.4, -0.2) is 21.9 Å². The molecule has 2 aromatic carbocycles. The van der Waals surface area contributed by atoms with E-state index in [4.69, 9.17) is 20.8 Å². The molecule has 5 nitrogen and oxygen atoms in total. The highest BCUT2D eigenvalue weighted by Gasteiger charge is 2.16. The van der Waals surface area contributed by atoms with Crippen LogP contribution in [0.15, 0.2) is 76.5 Å². The molecule has 142 valence electrons. The molecule has 0 atom stereocenters. The molecule has 2 aromatic heterocycles. The van der Waals surface area contributed by atoms with Crippen LogP contribution < -0.4 is 4.74 Å². The Bertz CT molecular complexity index is 1050. The van der Waals surface area contributed by atoms with Gasteiger partial charge in [-0.1, -0.05) is 41.6 Å². The smallest absolute Gasteiger partial charge is 0.192 e. The Morgan fingerprint density at radius 2 is 1.86 bits per heavy atom. The number of aromatic nitrogens is 3. The maximum atomic E-state index is 6.29. The third kappa shape index (κ3) is 4.08. The minimum atomic E-state index is 0.548. The first kappa shape index (κ1) is 18.7. The lowest BCUT2D eigenvalue weighted by atomic mass is 10.2. The van der Waals surface area contributed by atoms with E-state index in [-0.39, 0.29) is 0 Å². The normalized spacial score (nSPS) is 10.9. The SMILES string of the molecule is COc1ccc(-c2nnc(SCc3ccccc3Cl)n2Cc2ccco2)cc1. The second kappa shape index (κ2) is 8.54. The predicted octanol–water partition coefficient (Wildman–Crippen LogP) is 5.54. The highest BCUT2D eigenvalue weighted by Crippen LogP contribution is 2.30. The fourth-order valence-electron chi connectivity index (χ4n) is 2.81. The second-order valence-corrected chi connectivity index (χ2v) is 7.43. The van der Waals surface area contributed by atoms with Crippen molar-refractivity contribution in [1.29, 1.82) is 0 Å². The molecule has 0 unspecified atom stereocenters. The third-order valence-corrected chi connectivity index (χ3v) is 5.66. The summed E-state index contributed by atoms with van der Waals surface area (Å²) in [6, 6.07) is 19.4. The number of halogens is 1. The molecular formula is C21H18ClN3O2S. The summed E-state index contributed by atoms with van der Waals surface area (Å²) < 4.78 is 12.9. The topological polar surface area (TPSA) is 53.1 Å². The molecule has 0 saturated heterocycles. The third-order valence-electron chi connectivity index (χ3n) is 4.27. The molecule has 0 aliphatic heterocycles. The number of hydrogen-bond acceptors (Lipinski definition) is 5. The van der Waals surface area contributed by atoms with Gasteiger partial charge in [0.05, 0.1) is 19.9 Å². The lowest BCUT2D eigenvalue weighted by Gasteiger charge is -2.10. The van der Waals surface area contributed by atoms with Crippen molar-refractivity contribution in [2.75, 3.05) is 7.11 Å². The van der Waals surface area contributed by atoms with Gasteiger partial charge in [-0.05, 0) is 48.0 Å². The fourth-order valence-corrected chi connectivity index (χ4v) is 4.03. The number of nitrogens with zero attached hydrogens (tertiary/aromatic N) is 3. The van der Waals surface area contributed by atoms with Crippen LogP contribution in [0, 0.1) is 0 Å². The van der Waals surface area contributed by atoms with Gasteiger partial charge in [-0.2, -0.15) is 0 Å². The summed E-state index contributed by atoms with van der Waals surface area (Å²) in [4.78, 5) is 0. The molecule has 7 heteroatoms. The summed E-state index contributed by atoms with van der Waals surface area (Å²) in [5.41, 5.74) is 2.03. The summed E-state index contributed by atoms with van der Waals surface area (Å²) in [6.07, 6.45) is 1.67. The van der Waals surface area contributed by atoms with Gasteiger partial charge in [0.15, 0.2) is 11.0 Å². The van der Waals surface area contributed by atoms with Crippen LogP contribution in [0.2, 0.25) is 5.02 Å². The number of methoxy groups -OCH3 is 1. The maximum Gasteiger partial charge on any atom is 0.192 e. The highest BCUT2D eigenvalue weighted by molar-refractivity contribution is 7.98. The van der Waals surface area contributed by atoms with Gasteiger partial charge in [0.25, 0.3) is 0 Å². The molecule has 0 N–H and O–H groups in total. The molecule has 0 bridgehead atoms. The van der Waals surface area contributed by atoms with E-state index in [1.807, 2.05) is 60.7 Å². The Balaban J connectivity index is 1.65. The van der Waals surface area contributed by atoms with E-state index in [0.717, 1.165) is 38.6 Å². The van der Waals surface area contributed by atoms with Gasteiger partial charge >= 0.3 is 0 Å². The molecule has 0 aliphatic rings. The van der Waals surface area contributed by atoms with Crippen LogP contribution in [0.25, 0.3) is 11.4 Å². The van der Waals surface area contributed by atoms with Crippen molar-refractivity contribution in [3.63, 3.8) is 0 Å². The van der Waals surface area contributed by atoms with Crippen molar-refractivity contribution in [1.82, 2.24) is 14.8 Å². The van der Waals surface area contributed by atoms with Gasteiger partial charge in [-0.25, -0.2) is 0 Å². The largest absolute Gasteiger partial charge is 0.497 e. The van der Waals surface area contributed by atoms with Crippen LogP contribution in [0.3, 0.4) is 0 Å². The zero-order valence-electron chi connectivity index (χ0n) is 15.2. The molecule has 0 fully saturated rings. The maximum absolute atomic E-state index is 6.29. The van der Waals surface area contributed by atoms with Crippen molar-refractivity contribution < 1.29 is 9.15 Å². The van der Waals surface area contributed by atoms with Crippen LogP contribution in [0.1, 0.15) is 11.3 Å². The summed E-state index contributed by atoms with van der Waals surface area (Å²) in [5.74, 6) is 3.13. The summed E-state index contributed by atoms with van der Waals surface area (Å²) in [7, 11) is 1.65. The number of benzene rings is 2. The molecule has 0 amide bonds. The minimum Gasteiger partial charge on any atom is -0.497 e. The molecule has 0 radical (unpaired) electrons. The Kier molecular flexibility index (Phi) is 5.69. The van der Waals surface area contributed by atoms with Crippen LogP contribution in [-0.2, 0) is 12.3 Å². The first-order chi connectivity index (χ1) is 13.7. The van der Waals surface area contributed by atoms with E-state index < -0.39 is 0 Å². The number of hydrogen-bond donors (Lipinski definition) is 0. The van der Waals surface area contributed by atoms with Gasteiger partial charge in [0.2, 0.25) is 0 Å². The van der Waals surface area contributed by atoms with Gasteiger partial charge < -0.3 is 9.15 Å². The molecule has 4 aromatic rings. The van der Waals surface area contributed by atoms with E-state index in [1.165, 1.54) is 0 Å². The molecular weight excluding hydrogens is 394 g/mol. The van der Waals surface area contributed by atoms with Gasteiger partial charge in [-0.3, -0.25) is 4.57 Å². The lowest BCUT2D eigenvalue weighted by molar-refractivity contribution is 0.415. The highest BCUT2D eigenvalue weighted by atomic mass is 35.5. The summed E-state index contributed by atoms with van der Waals surface area (Å²) >= 11 is 7.89. The Morgan fingerprint density at radius 3 is 2.57 bits per heavy atom. The summed E-state index contributed by atoms with van der Waals surface area (Å²) in [5, 5.41) is 10.4. The van der Waals surface area contributed by atoms with E-state index in [0.29, 0.717) is 12.3 Å². The van der Waals surface area contributed by atoms with Gasteiger partial charge in [0, 0.05) is 16.3 Å². The zero-order valence-corrected chi connectivity index (χ0v) is 16.8. The second-order valence-electron chi connectivity index (χ2n) is 6.08. The van der Waals surface area contributed by atoms with E-state index in [9.17, 15) is 0 Å². The molecule has 0 saturated carbocycles. The summed E-state index contributed by atoms with van der Waals surface area (Å²) in [6.45, 7) is 0.548. The zero-order chi connectivity index (χ0) is 19.3. The molecule has 0 aliphatic carbocycles.